The second-order valence-electron chi connectivity index (χ2n) is 0. The van der Waals surface area contributed by atoms with Crippen molar-refractivity contribution in [1.82, 2.24) is 0 Å². The molecule has 0 saturated heterocycles. The first-order valence-corrected chi connectivity index (χ1v) is 0. The van der Waals surface area contributed by atoms with E-state index in [1.807, 2.05) is 0 Å². The van der Waals surface area contributed by atoms with Gasteiger partial charge in [-0.2, -0.15) is 0 Å². The van der Waals surface area contributed by atoms with Crippen molar-refractivity contribution in [3.63, 3.8) is 0 Å². The zero-order valence-corrected chi connectivity index (χ0v) is 11.2. The summed E-state index contributed by atoms with van der Waals surface area (Å²) >= 11 is 0. The molecule has 0 aromatic carbocycles. The molecule has 0 unspecified atom stereocenters. The standard InChI is InChI=1S/CH3.2Li.2Mn.2Ni.5H2O.H/h1H3;;;;;;;5*1H2;/q-1;2*+1;;;;;;;;;;-1. The molecule has 0 spiro atoms. The van der Waals surface area contributed by atoms with Gasteiger partial charge < -0.3 is 36.2 Å². The molecule has 0 bridgehead atoms. The van der Waals surface area contributed by atoms with Crippen LogP contribution in [-0.4, -0.2) is 27.4 Å². The Morgan fingerprint density at radius 2 is 0.500 bits per heavy atom. The van der Waals surface area contributed by atoms with Gasteiger partial charge >= 0.3 is 37.7 Å². The third-order valence-electron chi connectivity index (χ3n) is 0. The van der Waals surface area contributed by atoms with Crippen LogP contribution in [-0.2, 0) is 67.1 Å². The molecule has 11 heteroatoms. The van der Waals surface area contributed by atoms with E-state index in [0.29, 0.717) is 0 Å². The molecule has 5 nitrogen and oxygen atoms in total. The molecule has 0 rings (SSSR count). The van der Waals surface area contributed by atoms with Gasteiger partial charge in [-0.25, -0.2) is 0 Å². The molecule has 10 N–H and O–H groups in total. The van der Waals surface area contributed by atoms with E-state index in [0.717, 1.165) is 0 Å². The van der Waals surface area contributed by atoms with Gasteiger partial charge in [-0.15, -0.1) is 0 Å². The van der Waals surface area contributed by atoms with Crippen LogP contribution < -0.4 is 37.7 Å². The van der Waals surface area contributed by atoms with E-state index in [2.05, 4.69) is 0 Å². The Labute approximate surface area is 140 Å². The average molecular weight is 347 g/mol. The van der Waals surface area contributed by atoms with Gasteiger partial charge in [0.05, 0.1) is 0 Å². The summed E-state index contributed by atoms with van der Waals surface area (Å²) < 4.78 is 0. The van der Waals surface area contributed by atoms with Gasteiger partial charge in [0, 0.05) is 67.1 Å². The van der Waals surface area contributed by atoms with Crippen LogP contribution in [0, 0.1) is 7.43 Å². The van der Waals surface area contributed by atoms with Crippen LogP contribution in [0.1, 0.15) is 1.43 Å². The molecular weight excluding hydrogens is 333 g/mol. The molecule has 0 fully saturated rings. The quantitative estimate of drug-likeness (QED) is 0.301. The maximum Gasteiger partial charge on any atom is 1.00 e. The van der Waals surface area contributed by atoms with E-state index >= 15 is 0 Å². The molecule has 0 aliphatic carbocycles. The van der Waals surface area contributed by atoms with Crippen molar-refractivity contribution in [3.8, 4) is 0 Å². The van der Waals surface area contributed by atoms with E-state index in [-0.39, 0.29) is 141 Å². The molecule has 0 aliphatic rings. The van der Waals surface area contributed by atoms with Gasteiger partial charge in [0.2, 0.25) is 0 Å². The number of hydrogen-bond donors (Lipinski definition) is 0. The van der Waals surface area contributed by atoms with Gasteiger partial charge in [-0.3, -0.25) is 0 Å². The van der Waals surface area contributed by atoms with E-state index in [1.165, 1.54) is 0 Å². The van der Waals surface area contributed by atoms with Crippen molar-refractivity contribution in [2.75, 3.05) is 0 Å². The summed E-state index contributed by atoms with van der Waals surface area (Å²) in [5, 5.41) is 0. The van der Waals surface area contributed by atoms with E-state index in [9.17, 15) is 0 Å². The van der Waals surface area contributed by atoms with Crippen molar-refractivity contribution in [3.05, 3.63) is 7.43 Å². The first-order valence-electron chi connectivity index (χ1n) is 0. The van der Waals surface area contributed by atoms with Crippen molar-refractivity contribution in [2.24, 2.45) is 0 Å². The van der Waals surface area contributed by atoms with Crippen LogP contribution in [0.3, 0.4) is 0 Å². The molecule has 0 saturated carbocycles. The third kappa shape index (κ3) is 206. The van der Waals surface area contributed by atoms with Crippen LogP contribution in [0.25, 0.3) is 0 Å². The summed E-state index contributed by atoms with van der Waals surface area (Å²) in [5.41, 5.74) is 0. The molecule has 12 heavy (non-hydrogen) atoms. The smallest absolute Gasteiger partial charge is 1.00 e. The Morgan fingerprint density at radius 1 is 0.500 bits per heavy atom. The van der Waals surface area contributed by atoms with Crippen LogP contribution in [0.4, 0.5) is 0 Å². The molecule has 0 heterocycles. The monoisotopic (exact) mass is 346 g/mol. The molecule has 84 valence electrons. The Balaban J connectivity index is 0. The molecule has 2 radical (unpaired) electrons. The van der Waals surface area contributed by atoms with Crippen LogP contribution in [0.2, 0.25) is 0 Å². The number of hydrogen-bond acceptors (Lipinski definition) is 0. The predicted octanol–water partition coefficient (Wildman–Crippen LogP) is -9.56. The Morgan fingerprint density at radius 3 is 0.500 bits per heavy atom. The summed E-state index contributed by atoms with van der Waals surface area (Å²) in [6.45, 7) is 0. The largest absolute Gasteiger partial charge is 1.00 e. The SMILES string of the molecule is O.O.O.O.O.[CH3-].[H-].[Li+].[Li+].[Mn].[Mn].[Ni].[Ni]. The van der Waals surface area contributed by atoms with Crippen molar-refractivity contribution in [2.45, 2.75) is 0 Å². The van der Waals surface area contributed by atoms with E-state index in [1.54, 1.807) is 0 Å². The topological polar surface area (TPSA) is 158 Å². The van der Waals surface area contributed by atoms with E-state index in [4.69, 9.17) is 0 Å². The molecule has 0 aliphatic heterocycles. The maximum absolute atomic E-state index is 0. The zero-order chi connectivity index (χ0) is 0. The second-order valence-corrected chi connectivity index (χ2v) is 0. The fourth-order valence-electron chi connectivity index (χ4n) is 0. The van der Waals surface area contributed by atoms with Gasteiger partial charge in [0.1, 0.15) is 0 Å². The molecule has 0 atom stereocenters. The van der Waals surface area contributed by atoms with Crippen LogP contribution >= 0.6 is 0 Å². The van der Waals surface area contributed by atoms with Crippen molar-refractivity contribution in [1.29, 1.82) is 0 Å². The van der Waals surface area contributed by atoms with Crippen molar-refractivity contribution >= 4 is 0 Å². The fraction of sp³-hybridized carbons (Fsp3) is 0. The second kappa shape index (κ2) is 261. The summed E-state index contributed by atoms with van der Waals surface area (Å²) in [6, 6.07) is 0. The van der Waals surface area contributed by atoms with E-state index < -0.39 is 0 Å². The summed E-state index contributed by atoms with van der Waals surface area (Å²) in [7, 11) is 0. The van der Waals surface area contributed by atoms with Crippen LogP contribution in [0.5, 0.6) is 0 Å². The minimum Gasteiger partial charge on any atom is -1.00 e. The van der Waals surface area contributed by atoms with Crippen LogP contribution in [0.15, 0.2) is 0 Å². The normalized spacial score (nSPS) is 0. The minimum atomic E-state index is 0. The first-order chi connectivity index (χ1) is 0. The third-order valence-corrected chi connectivity index (χ3v) is 0. The Hall–Kier alpha value is 3.02. The van der Waals surface area contributed by atoms with Gasteiger partial charge in [-0.1, -0.05) is 0 Å². The Bertz CT molecular complexity index is 30.5. The maximum atomic E-state index is 0. The molecule has 0 aromatic rings. The van der Waals surface area contributed by atoms with Gasteiger partial charge in [-0.05, 0) is 0 Å². The number of rotatable bonds is 0. The summed E-state index contributed by atoms with van der Waals surface area (Å²) in [6.07, 6.45) is 0. The minimum absolute atomic E-state index is 0. The Kier molecular flexibility index (Phi) is 7020. The summed E-state index contributed by atoms with van der Waals surface area (Å²) in [4.78, 5) is 0. The summed E-state index contributed by atoms with van der Waals surface area (Å²) in [5.74, 6) is 0. The molecular formula is CH14Li2Mn2Ni2O5. The molecule has 0 amide bonds. The molecule has 0 aromatic heterocycles. The van der Waals surface area contributed by atoms with Gasteiger partial charge in [0.15, 0.2) is 0 Å². The predicted molar refractivity (Wildman–Crippen MR) is 25.6 cm³/mol. The van der Waals surface area contributed by atoms with Gasteiger partial charge in [0.25, 0.3) is 0 Å². The average Bonchev–Trinajstić information content (AvgIpc) is 0. The first kappa shape index (κ1) is 324. The van der Waals surface area contributed by atoms with Crippen molar-refractivity contribution < 1.29 is 134 Å². The fourth-order valence-corrected chi connectivity index (χ4v) is 0. The zero-order valence-electron chi connectivity index (χ0n) is 7.89.